The molecule has 0 aliphatic carbocycles. The fourth-order valence-corrected chi connectivity index (χ4v) is 4.67. The van der Waals surface area contributed by atoms with Gasteiger partial charge in [0.1, 0.15) is 20.3 Å². The van der Waals surface area contributed by atoms with Crippen LogP contribution >= 0.6 is 0 Å². The Morgan fingerprint density at radius 3 is 2.61 bits per heavy atom. The summed E-state index contributed by atoms with van der Waals surface area (Å²) in [5.41, 5.74) is 8.07. The van der Waals surface area contributed by atoms with Gasteiger partial charge in [-0.05, 0) is 38.0 Å². The van der Waals surface area contributed by atoms with Gasteiger partial charge in [0.2, 0.25) is 0 Å². The molecule has 3 aromatic rings. The van der Waals surface area contributed by atoms with Crippen LogP contribution < -0.4 is 4.90 Å². The zero-order valence-electron chi connectivity index (χ0n) is 17.2. The summed E-state index contributed by atoms with van der Waals surface area (Å²) in [6.45, 7) is 11.9. The molecular formula is C22H24B2N4. The lowest BCUT2D eigenvalue weighted by Gasteiger charge is -2.42. The quantitative estimate of drug-likeness (QED) is 0.652. The number of para-hydroxylation sites is 1. The summed E-state index contributed by atoms with van der Waals surface area (Å²) in [5, 5.41) is 9.32. The maximum atomic E-state index is 4.68. The minimum Gasteiger partial charge on any atom is -0.369 e. The first kappa shape index (κ1) is 17.6. The molecule has 138 valence electrons. The monoisotopic (exact) mass is 366 g/mol. The molecular weight excluding hydrogens is 342 g/mol. The van der Waals surface area contributed by atoms with Crippen LogP contribution in [0.4, 0.5) is 5.69 Å². The smallest absolute Gasteiger partial charge is 0.150 e. The van der Waals surface area contributed by atoms with Gasteiger partial charge in [-0.25, -0.2) is 4.68 Å². The SMILES string of the molecule is C[B]C(C)(C)N1Cc2cccc3c2-c2c(nnn2[C@]3(C)[B]C)-c2ccccc21. The van der Waals surface area contributed by atoms with Crippen LogP contribution in [0.1, 0.15) is 31.9 Å². The molecule has 0 unspecified atom stereocenters. The maximum absolute atomic E-state index is 4.68. The topological polar surface area (TPSA) is 34.0 Å². The van der Waals surface area contributed by atoms with Crippen molar-refractivity contribution in [1.29, 1.82) is 0 Å². The van der Waals surface area contributed by atoms with E-state index in [0.29, 0.717) is 0 Å². The van der Waals surface area contributed by atoms with Crippen LogP contribution in [0, 0.1) is 0 Å². The van der Waals surface area contributed by atoms with Gasteiger partial charge in [-0.2, -0.15) is 0 Å². The molecule has 5 rings (SSSR count). The Bertz CT molecular complexity index is 1090. The second-order valence-electron chi connectivity index (χ2n) is 8.52. The third-order valence-corrected chi connectivity index (χ3v) is 6.79. The zero-order valence-corrected chi connectivity index (χ0v) is 17.2. The largest absolute Gasteiger partial charge is 0.369 e. The Hall–Kier alpha value is -2.49. The van der Waals surface area contributed by atoms with Crippen LogP contribution in [-0.2, 0) is 12.0 Å². The highest BCUT2D eigenvalue weighted by molar-refractivity contribution is 6.39. The summed E-state index contributed by atoms with van der Waals surface area (Å²) in [4.78, 5) is 2.49. The first-order valence-electron chi connectivity index (χ1n) is 9.99. The van der Waals surface area contributed by atoms with E-state index < -0.39 is 0 Å². The molecule has 1 aromatic heterocycles. The minimum absolute atomic E-state index is 0.0921. The van der Waals surface area contributed by atoms with Crippen LogP contribution in [0.15, 0.2) is 42.5 Å². The molecule has 28 heavy (non-hydrogen) atoms. The number of anilines is 1. The molecule has 2 aliphatic heterocycles. The van der Waals surface area contributed by atoms with E-state index >= 15 is 0 Å². The second-order valence-corrected chi connectivity index (χ2v) is 8.52. The van der Waals surface area contributed by atoms with E-state index in [4.69, 9.17) is 0 Å². The van der Waals surface area contributed by atoms with Crippen molar-refractivity contribution in [3.05, 3.63) is 53.6 Å². The molecule has 1 atom stereocenters. The lowest BCUT2D eigenvalue weighted by Crippen LogP contribution is -2.48. The van der Waals surface area contributed by atoms with Crippen molar-refractivity contribution in [2.24, 2.45) is 0 Å². The van der Waals surface area contributed by atoms with Crippen molar-refractivity contribution in [3.8, 4) is 22.5 Å². The molecule has 4 nitrogen and oxygen atoms in total. The van der Waals surface area contributed by atoms with Gasteiger partial charge in [0.05, 0.1) is 11.1 Å². The van der Waals surface area contributed by atoms with Gasteiger partial charge >= 0.3 is 0 Å². The number of benzene rings is 2. The average Bonchev–Trinajstić information content (AvgIpc) is 3.24. The first-order valence-corrected chi connectivity index (χ1v) is 9.99. The van der Waals surface area contributed by atoms with E-state index in [1.165, 1.54) is 22.4 Å². The summed E-state index contributed by atoms with van der Waals surface area (Å²) in [6, 6.07) is 15.3. The van der Waals surface area contributed by atoms with Crippen LogP contribution in [0.5, 0.6) is 0 Å². The summed E-state index contributed by atoms with van der Waals surface area (Å²) >= 11 is 0. The van der Waals surface area contributed by atoms with Gasteiger partial charge in [-0.1, -0.05) is 55.3 Å². The summed E-state index contributed by atoms with van der Waals surface area (Å²) < 4.78 is 2.11. The average molecular weight is 366 g/mol. The third-order valence-electron chi connectivity index (χ3n) is 6.79. The molecule has 0 N–H and O–H groups in total. The number of hydrogen-bond acceptors (Lipinski definition) is 3. The molecule has 0 saturated carbocycles. The van der Waals surface area contributed by atoms with E-state index in [-0.39, 0.29) is 10.9 Å². The normalized spacial score (nSPS) is 19.5. The summed E-state index contributed by atoms with van der Waals surface area (Å²) in [7, 11) is 4.51. The van der Waals surface area contributed by atoms with Crippen molar-refractivity contribution in [1.82, 2.24) is 15.0 Å². The van der Waals surface area contributed by atoms with Gasteiger partial charge in [0.25, 0.3) is 0 Å². The lowest BCUT2D eigenvalue weighted by molar-refractivity contribution is 0.501. The van der Waals surface area contributed by atoms with Crippen molar-refractivity contribution in [3.63, 3.8) is 0 Å². The lowest BCUT2D eigenvalue weighted by atomic mass is 9.58. The molecule has 2 aliphatic rings. The van der Waals surface area contributed by atoms with Gasteiger partial charge in [-0.3, -0.25) is 0 Å². The highest BCUT2D eigenvalue weighted by Gasteiger charge is 2.44. The standard InChI is InChI=1S/C22H24B2N4/c1-21(2,23-4)27-13-14-9-8-11-16-18(14)20-19(15-10-6-7-12-17(15)27)25-26-28(20)22(16,3)24-5/h6-12H,13H2,1-5H3/t22-/m0/s1. The van der Waals surface area contributed by atoms with Crippen LogP contribution in [-0.4, -0.2) is 35.0 Å². The number of aromatic nitrogens is 3. The second kappa shape index (κ2) is 5.76. The molecule has 0 bridgehead atoms. The third kappa shape index (κ3) is 2.09. The highest BCUT2D eigenvalue weighted by atomic mass is 15.5. The highest BCUT2D eigenvalue weighted by Crippen LogP contribution is 2.51. The Morgan fingerprint density at radius 2 is 1.86 bits per heavy atom. The predicted molar refractivity (Wildman–Crippen MR) is 117 cm³/mol. The molecule has 6 heteroatoms. The molecule has 3 heterocycles. The van der Waals surface area contributed by atoms with Crippen molar-refractivity contribution in [2.45, 2.75) is 51.8 Å². The molecule has 0 amide bonds. The van der Waals surface area contributed by atoms with Crippen molar-refractivity contribution >= 4 is 20.2 Å². The fourth-order valence-electron chi connectivity index (χ4n) is 4.67. The molecule has 0 fully saturated rings. The Labute approximate surface area is 168 Å². The Balaban J connectivity index is 1.90. The number of hydrogen-bond donors (Lipinski definition) is 0. The van der Waals surface area contributed by atoms with Crippen LogP contribution in [0.3, 0.4) is 0 Å². The van der Waals surface area contributed by atoms with Crippen molar-refractivity contribution < 1.29 is 0 Å². The van der Waals surface area contributed by atoms with E-state index in [9.17, 15) is 0 Å². The first-order chi connectivity index (χ1) is 13.4. The van der Waals surface area contributed by atoms with E-state index in [0.717, 1.165) is 23.5 Å². The van der Waals surface area contributed by atoms with Crippen LogP contribution in [0.2, 0.25) is 13.6 Å². The fraction of sp³-hybridized carbons (Fsp3) is 0.364. The molecule has 2 radical (unpaired) electrons. The number of nitrogens with zero attached hydrogens (tertiary/aromatic N) is 4. The molecule has 2 aromatic carbocycles. The molecule has 0 saturated heterocycles. The summed E-state index contributed by atoms with van der Waals surface area (Å²) in [5.74, 6) is 0. The van der Waals surface area contributed by atoms with Gasteiger partial charge in [0, 0.05) is 28.8 Å². The predicted octanol–water partition coefficient (Wildman–Crippen LogP) is 4.21. The Kier molecular flexibility index (Phi) is 3.62. The van der Waals surface area contributed by atoms with Gasteiger partial charge < -0.3 is 4.90 Å². The van der Waals surface area contributed by atoms with Gasteiger partial charge in [-0.15, -0.1) is 5.10 Å². The number of fused-ring (bicyclic) bond motifs is 2. The van der Waals surface area contributed by atoms with E-state index in [2.05, 4.69) is 111 Å². The van der Waals surface area contributed by atoms with Crippen LogP contribution in [0.25, 0.3) is 22.5 Å². The minimum atomic E-state index is -0.275. The zero-order chi connectivity index (χ0) is 19.7. The Morgan fingerprint density at radius 1 is 1.07 bits per heavy atom. The maximum Gasteiger partial charge on any atom is 0.150 e. The van der Waals surface area contributed by atoms with E-state index in [1.54, 1.807) is 0 Å². The van der Waals surface area contributed by atoms with Gasteiger partial charge in [0.15, 0.2) is 0 Å². The summed E-state index contributed by atoms with van der Waals surface area (Å²) in [6.07, 6.45) is 0. The van der Waals surface area contributed by atoms with E-state index in [1.807, 2.05) is 0 Å². The molecule has 0 spiro atoms. The number of rotatable bonds is 3. The van der Waals surface area contributed by atoms with Crippen molar-refractivity contribution in [2.75, 3.05) is 4.90 Å².